The van der Waals surface area contributed by atoms with Gasteiger partial charge in [-0.1, -0.05) is 72.9 Å². The van der Waals surface area contributed by atoms with E-state index in [9.17, 15) is 4.79 Å². The number of carbonyl (C=O) groups excluding carboxylic acids is 1. The molecule has 0 aliphatic heterocycles. The predicted molar refractivity (Wildman–Crippen MR) is 136 cm³/mol. The van der Waals surface area contributed by atoms with Gasteiger partial charge in [0.25, 0.3) is 5.91 Å². The summed E-state index contributed by atoms with van der Waals surface area (Å²) in [7, 11) is 0. The lowest BCUT2D eigenvalue weighted by molar-refractivity contribution is 0.0985. The molecule has 5 rings (SSSR count). The highest BCUT2D eigenvalue weighted by Crippen LogP contribution is 2.32. The van der Waals surface area contributed by atoms with Gasteiger partial charge in [0, 0.05) is 18.0 Å². The molecule has 3 aromatic carbocycles. The molecule has 1 amide bonds. The number of thiazole rings is 1. The summed E-state index contributed by atoms with van der Waals surface area (Å²) in [5, 5.41) is 0.694. The van der Waals surface area contributed by atoms with E-state index in [-0.39, 0.29) is 5.91 Å². The normalized spacial score (nSPS) is 10.9. The summed E-state index contributed by atoms with van der Waals surface area (Å²) in [6, 6.07) is 28.1. The molecule has 0 radical (unpaired) electrons. The van der Waals surface area contributed by atoms with Gasteiger partial charge < -0.3 is 0 Å². The van der Waals surface area contributed by atoms with Crippen LogP contribution in [0.25, 0.3) is 21.3 Å². The van der Waals surface area contributed by atoms with Gasteiger partial charge in [0.15, 0.2) is 5.13 Å². The zero-order valence-corrected chi connectivity index (χ0v) is 19.1. The number of hydrogen-bond donors (Lipinski definition) is 0. The third-order valence-corrected chi connectivity index (χ3v) is 6.67. The van der Waals surface area contributed by atoms with Gasteiger partial charge in [-0.3, -0.25) is 14.7 Å². The molecule has 0 bridgehead atoms. The van der Waals surface area contributed by atoms with E-state index in [1.807, 2.05) is 60.7 Å². The first kappa shape index (κ1) is 21.0. The van der Waals surface area contributed by atoms with Crippen LogP contribution in [0.2, 0.25) is 0 Å². The molecule has 2 aromatic heterocycles. The van der Waals surface area contributed by atoms with Crippen molar-refractivity contribution >= 4 is 32.6 Å². The molecule has 0 fully saturated rings. The van der Waals surface area contributed by atoms with Gasteiger partial charge in [-0.05, 0) is 59.0 Å². The fraction of sp³-hybridized carbons (Fsp3) is 0.107. The minimum atomic E-state index is -0.0757. The molecule has 33 heavy (non-hydrogen) atoms. The molecule has 5 aromatic rings. The number of hydrogen-bond acceptors (Lipinski definition) is 4. The Morgan fingerprint density at radius 3 is 2.39 bits per heavy atom. The number of aryl methyl sites for hydroxylation is 1. The second-order valence-electron chi connectivity index (χ2n) is 7.85. The Labute approximate surface area is 197 Å². The van der Waals surface area contributed by atoms with Crippen molar-refractivity contribution < 1.29 is 4.79 Å². The number of amides is 1. The first-order chi connectivity index (χ1) is 16.2. The zero-order chi connectivity index (χ0) is 22.6. The van der Waals surface area contributed by atoms with Gasteiger partial charge in [-0.25, -0.2) is 4.98 Å². The van der Waals surface area contributed by atoms with Crippen LogP contribution >= 0.6 is 11.3 Å². The van der Waals surface area contributed by atoms with Crippen LogP contribution in [0.3, 0.4) is 0 Å². The van der Waals surface area contributed by atoms with Crippen LogP contribution < -0.4 is 4.90 Å². The quantitative estimate of drug-likeness (QED) is 0.287. The maximum atomic E-state index is 13.7. The lowest BCUT2D eigenvalue weighted by Crippen LogP contribution is -2.30. The van der Waals surface area contributed by atoms with Crippen molar-refractivity contribution in [3.05, 3.63) is 114 Å². The number of fused-ring (bicyclic) bond motifs is 1. The molecular weight excluding hydrogens is 426 g/mol. The number of aromatic nitrogens is 2. The smallest absolute Gasteiger partial charge is 0.260 e. The Morgan fingerprint density at radius 2 is 1.67 bits per heavy atom. The van der Waals surface area contributed by atoms with E-state index < -0.39 is 0 Å². The monoisotopic (exact) mass is 449 g/mol. The minimum absolute atomic E-state index is 0.0757. The maximum Gasteiger partial charge on any atom is 0.260 e. The number of benzene rings is 3. The van der Waals surface area contributed by atoms with E-state index in [1.54, 1.807) is 28.6 Å². The van der Waals surface area contributed by atoms with Crippen LogP contribution in [0.15, 0.2) is 97.3 Å². The van der Waals surface area contributed by atoms with Gasteiger partial charge >= 0.3 is 0 Å². The molecule has 0 unspecified atom stereocenters. The molecule has 0 saturated heterocycles. The fourth-order valence-electron chi connectivity index (χ4n) is 3.78. The van der Waals surface area contributed by atoms with Crippen molar-refractivity contribution in [3.63, 3.8) is 0 Å². The van der Waals surface area contributed by atoms with Gasteiger partial charge in [-0.15, -0.1) is 0 Å². The van der Waals surface area contributed by atoms with Crippen molar-refractivity contribution in [1.29, 1.82) is 0 Å². The Hall–Kier alpha value is -3.83. The Balaban J connectivity index is 1.50. The molecule has 0 aliphatic carbocycles. The minimum Gasteiger partial charge on any atom is -0.279 e. The first-order valence-corrected chi connectivity index (χ1v) is 11.8. The number of anilines is 1. The molecule has 0 aliphatic rings. The topological polar surface area (TPSA) is 46.1 Å². The van der Waals surface area contributed by atoms with E-state index in [1.165, 1.54) is 5.56 Å². The highest BCUT2D eigenvalue weighted by atomic mass is 32.1. The van der Waals surface area contributed by atoms with Crippen LogP contribution in [0.4, 0.5) is 5.13 Å². The molecule has 0 atom stereocenters. The highest BCUT2D eigenvalue weighted by Gasteiger charge is 2.22. The number of rotatable bonds is 6. The highest BCUT2D eigenvalue weighted by molar-refractivity contribution is 7.22. The second-order valence-corrected chi connectivity index (χ2v) is 8.86. The summed E-state index contributed by atoms with van der Waals surface area (Å²) in [4.78, 5) is 24.4. The SMILES string of the molecule is CCc1ccc2nc(N(Cc3cccnc3)C(=O)c3ccc(-c4ccccc4)cc3)sc2c1. The van der Waals surface area contributed by atoms with Crippen LogP contribution in [0.1, 0.15) is 28.4 Å². The second kappa shape index (κ2) is 9.35. The summed E-state index contributed by atoms with van der Waals surface area (Å²) >= 11 is 1.55. The zero-order valence-electron chi connectivity index (χ0n) is 18.3. The Morgan fingerprint density at radius 1 is 0.879 bits per heavy atom. The third kappa shape index (κ3) is 4.54. The van der Waals surface area contributed by atoms with Crippen LogP contribution in [0.5, 0.6) is 0 Å². The van der Waals surface area contributed by atoms with E-state index in [0.717, 1.165) is 33.3 Å². The van der Waals surface area contributed by atoms with Gasteiger partial charge in [0.2, 0.25) is 0 Å². The summed E-state index contributed by atoms with van der Waals surface area (Å²) in [6.07, 6.45) is 4.50. The van der Waals surface area contributed by atoms with Crippen molar-refractivity contribution in [2.45, 2.75) is 19.9 Å². The Bertz CT molecular complexity index is 1380. The third-order valence-electron chi connectivity index (χ3n) is 5.63. The number of pyridine rings is 1. The van der Waals surface area contributed by atoms with Crippen molar-refractivity contribution in [1.82, 2.24) is 9.97 Å². The van der Waals surface area contributed by atoms with Crippen LogP contribution in [-0.2, 0) is 13.0 Å². The largest absolute Gasteiger partial charge is 0.279 e. The molecule has 0 spiro atoms. The molecular formula is C28H23N3OS. The summed E-state index contributed by atoms with van der Waals surface area (Å²) in [6.45, 7) is 2.55. The van der Waals surface area contributed by atoms with Crippen LogP contribution in [-0.4, -0.2) is 15.9 Å². The average Bonchev–Trinajstić information content (AvgIpc) is 3.31. The van der Waals surface area contributed by atoms with E-state index in [4.69, 9.17) is 4.98 Å². The molecule has 4 nitrogen and oxygen atoms in total. The average molecular weight is 450 g/mol. The maximum absolute atomic E-state index is 13.7. The van der Waals surface area contributed by atoms with Gasteiger partial charge in [0.1, 0.15) is 0 Å². The molecule has 0 N–H and O–H groups in total. The number of carbonyl (C=O) groups is 1. The van der Waals surface area contributed by atoms with Crippen LogP contribution in [0, 0.1) is 0 Å². The standard InChI is InChI=1S/C28H23N3OS/c1-2-20-10-15-25-26(17-20)33-28(30-25)31(19-21-7-6-16-29-18-21)27(32)24-13-11-23(12-14-24)22-8-4-3-5-9-22/h3-18H,2,19H2,1H3. The number of nitrogens with zero attached hydrogens (tertiary/aromatic N) is 3. The van der Waals surface area contributed by atoms with E-state index >= 15 is 0 Å². The lowest BCUT2D eigenvalue weighted by atomic mass is 10.0. The molecule has 2 heterocycles. The predicted octanol–water partition coefficient (Wildman–Crippen LogP) is 6.77. The van der Waals surface area contributed by atoms with Crippen molar-refractivity contribution in [3.8, 4) is 11.1 Å². The summed E-state index contributed by atoms with van der Waals surface area (Å²) in [5.74, 6) is -0.0757. The summed E-state index contributed by atoms with van der Waals surface area (Å²) < 4.78 is 1.09. The Kier molecular flexibility index (Phi) is 5.96. The van der Waals surface area contributed by atoms with E-state index in [0.29, 0.717) is 17.2 Å². The van der Waals surface area contributed by atoms with Crippen molar-refractivity contribution in [2.75, 3.05) is 4.90 Å². The molecule has 5 heteroatoms. The van der Waals surface area contributed by atoms with Gasteiger partial charge in [0.05, 0.1) is 16.8 Å². The van der Waals surface area contributed by atoms with Gasteiger partial charge in [-0.2, -0.15) is 0 Å². The lowest BCUT2D eigenvalue weighted by Gasteiger charge is -2.20. The fourth-order valence-corrected chi connectivity index (χ4v) is 4.81. The van der Waals surface area contributed by atoms with Crippen molar-refractivity contribution in [2.24, 2.45) is 0 Å². The molecule has 0 saturated carbocycles. The first-order valence-electron chi connectivity index (χ1n) is 11.0. The van der Waals surface area contributed by atoms with E-state index in [2.05, 4.69) is 36.2 Å². The molecule has 162 valence electrons. The summed E-state index contributed by atoms with van der Waals surface area (Å²) in [5.41, 5.74) is 5.97.